The van der Waals surface area contributed by atoms with Crippen LogP contribution in [-0.4, -0.2) is 37.0 Å². The van der Waals surface area contributed by atoms with Crippen LogP contribution in [0.4, 0.5) is 13.2 Å². The van der Waals surface area contributed by atoms with Gasteiger partial charge >= 0.3 is 12.1 Å². The van der Waals surface area contributed by atoms with E-state index in [-0.39, 0.29) is 13.0 Å². The lowest BCUT2D eigenvalue weighted by molar-refractivity contribution is -0.179. The van der Waals surface area contributed by atoms with Crippen molar-refractivity contribution in [3.8, 4) is 0 Å². The second-order valence-corrected chi connectivity index (χ2v) is 2.74. The Balaban J connectivity index is 3.77. The molecule has 0 aromatic carbocycles. The number of hydrogen-bond donors (Lipinski definition) is 2. The number of alkyl halides is 3. The molecule has 0 heterocycles. The van der Waals surface area contributed by atoms with Gasteiger partial charge in [0.1, 0.15) is 6.61 Å². The number of halogens is 3. The quantitative estimate of drug-likeness (QED) is 0.681. The van der Waals surface area contributed by atoms with Crippen LogP contribution in [0.2, 0.25) is 0 Å². The van der Waals surface area contributed by atoms with Crippen LogP contribution in [0.1, 0.15) is 6.42 Å². The van der Waals surface area contributed by atoms with Crippen LogP contribution in [0.5, 0.6) is 0 Å². The lowest BCUT2D eigenvalue weighted by Gasteiger charge is -2.12. The Morgan fingerprint density at radius 3 is 2.43 bits per heavy atom. The minimum atomic E-state index is -4.42. The van der Waals surface area contributed by atoms with Crippen molar-refractivity contribution in [3.05, 3.63) is 0 Å². The highest BCUT2D eigenvalue weighted by Gasteiger charge is 2.28. The molecule has 0 aliphatic carbocycles. The van der Waals surface area contributed by atoms with Crippen LogP contribution < -0.4 is 5.73 Å². The van der Waals surface area contributed by atoms with E-state index >= 15 is 0 Å². The molecule has 0 aromatic heterocycles. The lowest BCUT2D eigenvalue weighted by Crippen LogP contribution is -2.26. The molecule has 0 bridgehead atoms. The average Bonchev–Trinajstić information content (AvgIpc) is 2.00. The number of nitrogens with two attached hydrogens (primary N) is 1. The molecule has 0 rings (SSSR count). The van der Waals surface area contributed by atoms with Gasteiger partial charge in [0.05, 0.1) is 12.5 Å². The Morgan fingerprint density at radius 1 is 1.50 bits per heavy atom. The summed E-state index contributed by atoms with van der Waals surface area (Å²) in [5.41, 5.74) is 5.08. The number of carbonyl (C=O) groups is 1. The predicted octanol–water partition coefficient (Wildman–Crippen LogP) is 0.615. The number of carboxylic acid groups (broad SMARTS) is 1. The van der Waals surface area contributed by atoms with Gasteiger partial charge in [-0.3, -0.25) is 4.79 Å². The van der Waals surface area contributed by atoms with Crippen molar-refractivity contribution in [3.63, 3.8) is 0 Å². The van der Waals surface area contributed by atoms with Crippen molar-refractivity contribution in [2.45, 2.75) is 12.6 Å². The molecular formula is C7H12F3NO3. The third-order valence-electron chi connectivity index (χ3n) is 1.45. The van der Waals surface area contributed by atoms with E-state index in [1.54, 1.807) is 0 Å². The van der Waals surface area contributed by atoms with Gasteiger partial charge in [0.2, 0.25) is 0 Å². The first-order chi connectivity index (χ1) is 6.37. The Bertz CT molecular complexity index is 184. The fraction of sp³-hybridized carbons (Fsp3) is 0.857. The number of carboxylic acids is 1. The van der Waals surface area contributed by atoms with Gasteiger partial charge in [-0.05, 0) is 13.0 Å². The van der Waals surface area contributed by atoms with Crippen LogP contribution in [0.3, 0.4) is 0 Å². The van der Waals surface area contributed by atoms with Crippen molar-refractivity contribution >= 4 is 5.97 Å². The highest BCUT2D eigenvalue weighted by molar-refractivity contribution is 5.70. The van der Waals surface area contributed by atoms with Crippen molar-refractivity contribution in [2.24, 2.45) is 11.7 Å². The van der Waals surface area contributed by atoms with Crippen LogP contribution in [-0.2, 0) is 9.53 Å². The smallest absolute Gasteiger partial charge is 0.411 e. The van der Waals surface area contributed by atoms with E-state index in [0.717, 1.165) is 0 Å². The SMILES string of the molecule is NCCC(COCC(F)(F)F)C(=O)O. The van der Waals surface area contributed by atoms with E-state index in [1.165, 1.54) is 0 Å². The van der Waals surface area contributed by atoms with Crippen LogP contribution in [0.15, 0.2) is 0 Å². The Labute approximate surface area is 78.8 Å². The Kier molecular flexibility index (Phi) is 5.47. The summed E-state index contributed by atoms with van der Waals surface area (Å²) >= 11 is 0. The normalized spacial score (nSPS) is 14.0. The molecule has 7 heteroatoms. The van der Waals surface area contributed by atoms with Gasteiger partial charge in [0.25, 0.3) is 0 Å². The highest BCUT2D eigenvalue weighted by Crippen LogP contribution is 2.15. The summed E-state index contributed by atoms with van der Waals surface area (Å²) in [6.07, 6.45) is -4.32. The summed E-state index contributed by atoms with van der Waals surface area (Å²) in [4.78, 5) is 10.4. The zero-order valence-electron chi connectivity index (χ0n) is 7.38. The summed E-state index contributed by atoms with van der Waals surface area (Å²) in [5, 5.41) is 8.52. The Morgan fingerprint density at radius 2 is 2.07 bits per heavy atom. The van der Waals surface area contributed by atoms with E-state index in [4.69, 9.17) is 10.8 Å². The summed E-state index contributed by atoms with van der Waals surface area (Å²) in [7, 11) is 0. The number of aliphatic carboxylic acids is 1. The first-order valence-electron chi connectivity index (χ1n) is 3.94. The maximum atomic E-state index is 11.6. The summed E-state index contributed by atoms with van der Waals surface area (Å²) < 4.78 is 39.0. The molecule has 14 heavy (non-hydrogen) atoms. The molecule has 0 fully saturated rings. The molecule has 0 saturated heterocycles. The highest BCUT2D eigenvalue weighted by atomic mass is 19.4. The second-order valence-electron chi connectivity index (χ2n) is 2.74. The van der Waals surface area contributed by atoms with Crippen LogP contribution >= 0.6 is 0 Å². The summed E-state index contributed by atoms with van der Waals surface area (Å²) in [5.74, 6) is -2.17. The van der Waals surface area contributed by atoms with E-state index in [9.17, 15) is 18.0 Å². The molecule has 4 nitrogen and oxygen atoms in total. The van der Waals surface area contributed by atoms with E-state index in [2.05, 4.69) is 4.74 Å². The molecule has 0 radical (unpaired) electrons. The third-order valence-corrected chi connectivity index (χ3v) is 1.45. The molecule has 0 aliphatic heterocycles. The van der Waals surface area contributed by atoms with Gasteiger partial charge in [-0.2, -0.15) is 13.2 Å². The fourth-order valence-corrected chi connectivity index (χ4v) is 0.796. The summed E-state index contributed by atoms with van der Waals surface area (Å²) in [6.45, 7) is -1.79. The fourth-order valence-electron chi connectivity index (χ4n) is 0.796. The maximum absolute atomic E-state index is 11.6. The zero-order valence-corrected chi connectivity index (χ0v) is 7.38. The molecule has 1 unspecified atom stereocenters. The van der Waals surface area contributed by atoms with E-state index in [1.807, 2.05) is 0 Å². The third kappa shape index (κ3) is 6.67. The van der Waals surface area contributed by atoms with Crippen LogP contribution in [0.25, 0.3) is 0 Å². The van der Waals surface area contributed by atoms with Gasteiger partial charge in [-0.1, -0.05) is 0 Å². The van der Waals surface area contributed by atoms with Gasteiger partial charge in [0, 0.05) is 0 Å². The minimum Gasteiger partial charge on any atom is -0.481 e. The predicted molar refractivity (Wildman–Crippen MR) is 41.7 cm³/mol. The topological polar surface area (TPSA) is 72.5 Å². The molecular weight excluding hydrogens is 203 g/mol. The molecule has 3 N–H and O–H groups in total. The molecule has 0 saturated carbocycles. The standard InChI is InChI=1S/C7H12F3NO3/c8-7(9,10)4-14-3-5(1-2-11)6(12)13/h5H,1-4,11H2,(H,12,13). The Hall–Kier alpha value is -0.820. The maximum Gasteiger partial charge on any atom is 0.411 e. The minimum absolute atomic E-state index is 0.104. The lowest BCUT2D eigenvalue weighted by atomic mass is 10.1. The first-order valence-corrected chi connectivity index (χ1v) is 3.94. The zero-order chi connectivity index (χ0) is 11.2. The number of ether oxygens (including phenoxy) is 1. The van der Waals surface area contributed by atoms with Gasteiger partial charge < -0.3 is 15.6 Å². The van der Waals surface area contributed by atoms with Crippen LogP contribution in [0, 0.1) is 5.92 Å². The largest absolute Gasteiger partial charge is 0.481 e. The van der Waals surface area contributed by atoms with Gasteiger partial charge in [-0.25, -0.2) is 0 Å². The molecule has 0 aromatic rings. The van der Waals surface area contributed by atoms with Crippen molar-refractivity contribution in [1.29, 1.82) is 0 Å². The van der Waals surface area contributed by atoms with Crippen molar-refractivity contribution < 1.29 is 27.8 Å². The average molecular weight is 215 g/mol. The van der Waals surface area contributed by atoms with E-state index < -0.39 is 31.3 Å². The second kappa shape index (κ2) is 5.82. The number of rotatable bonds is 6. The molecule has 0 spiro atoms. The monoisotopic (exact) mass is 215 g/mol. The van der Waals surface area contributed by atoms with Gasteiger partial charge in [0.15, 0.2) is 0 Å². The molecule has 84 valence electrons. The van der Waals surface area contributed by atoms with Crippen molar-refractivity contribution in [2.75, 3.05) is 19.8 Å². The molecule has 0 amide bonds. The summed E-state index contributed by atoms with van der Waals surface area (Å²) in [6, 6.07) is 0. The molecule has 0 aliphatic rings. The number of hydrogen-bond acceptors (Lipinski definition) is 3. The van der Waals surface area contributed by atoms with E-state index in [0.29, 0.717) is 0 Å². The first kappa shape index (κ1) is 13.2. The van der Waals surface area contributed by atoms with Gasteiger partial charge in [-0.15, -0.1) is 0 Å². The molecule has 1 atom stereocenters. The van der Waals surface area contributed by atoms with Crippen molar-refractivity contribution in [1.82, 2.24) is 0 Å².